The van der Waals surface area contributed by atoms with Crippen LogP contribution in [0.1, 0.15) is 25.0 Å². The standard InChI is InChI=1S/C23H29N3O3/c1-23(2,22(27)25-13-14-26-15-17-28-18-16-26)29-21-7-5-19(6-8-21)3-4-20-9-11-24-12-10-20/h3-12H,13-18H2,1-2H3,(H,25,27)/b4-3+. The molecular formula is C23H29N3O3. The molecule has 0 radical (unpaired) electrons. The maximum absolute atomic E-state index is 12.5. The highest BCUT2D eigenvalue weighted by atomic mass is 16.5. The van der Waals surface area contributed by atoms with Crippen molar-refractivity contribution in [3.8, 4) is 5.75 Å². The Bertz CT molecular complexity index is 798. The lowest BCUT2D eigenvalue weighted by atomic mass is 10.1. The third-order valence-electron chi connectivity index (χ3n) is 4.79. The highest BCUT2D eigenvalue weighted by Gasteiger charge is 2.29. The summed E-state index contributed by atoms with van der Waals surface area (Å²) in [7, 11) is 0. The molecule has 1 aliphatic heterocycles. The Labute approximate surface area is 172 Å². The van der Waals surface area contributed by atoms with E-state index in [1.165, 1.54) is 0 Å². The number of ether oxygens (including phenoxy) is 2. The van der Waals surface area contributed by atoms with Crippen LogP contribution in [0.5, 0.6) is 5.75 Å². The van der Waals surface area contributed by atoms with E-state index in [0.717, 1.165) is 44.0 Å². The van der Waals surface area contributed by atoms with Crippen LogP contribution in [-0.4, -0.2) is 60.8 Å². The molecule has 0 atom stereocenters. The largest absolute Gasteiger partial charge is 0.478 e. The number of hydrogen-bond donors (Lipinski definition) is 1. The maximum Gasteiger partial charge on any atom is 0.263 e. The molecule has 6 nitrogen and oxygen atoms in total. The van der Waals surface area contributed by atoms with Crippen LogP contribution in [0.25, 0.3) is 12.2 Å². The zero-order valence-corrected chi connectivity index (χ0v) is 17.1. The van der Waals surface area contributed by atoms with Gasteiger partial charge in [0.15, 0.2) is 5.60 Å². The quantitative estimate of drug-likeness (QED) is 0.745. The molecule has 0 unspecified atom stereocenters. The fourth-order valence-electron chi connectivity index (χ4n) is 3.02. The van der Waals surface area contributed by atoms with E-state index in [4.69, 9.17) is 9.47 Å². The van der Waals surface area contributed by atoms with Gasteiger partial charge < -0.3 is 14.8 Å². The molecule has 1 N–H and O–H groups in total. The first-order valence-electron chi connectivity index (χ1n) is 9.98. The fourth-order valence-corrected chi connectivity index (χ4v) is 3.02. The molecule has 2 heterocycles. The summed E-state index contributed by atoms with van der Waals surface area (Å²) in [6.07, 6.45) is 7.60. The Morgan fingerprint density at radius 1 is 1.10 bits per heavy atom. The number of benzene rings is 1. The average Bonchev–Trinajstić information content (AvgIpc) is 2.74. The van der Waals surface area contributed by atoms with E-state index in [1.807, 2.05) is 48.6 Å². The van der Waals surface area contributed by atoms with E-state index in [1.54, 1.807) is 26.2 Å². The summed E-state index contributed by atoms with van der Waals surface area (Å²) in [5.41, 5.74) is 1.21. The molecule has 1 fully saturated rings. The number of nitrogens with zero attached hydrogens (tertiary/aromatic N) is 2. The molecule has 0 spiro atoms. The number of nitrogens with one attached hydrogen (secondary N) is 1. The lowest BCUT2D eigenvalue weighted by molar-refractivity contribution is -0.134. The van der Waals surface area contributed by atoms with Gasteiger partial charge >= 0.3 is 0 Å². The molecule has 0 saturated carbocycles. The minimum absolute atomic E-state index is 0.118. The van der Waals surface area contributed by atoms with Gasteiger partial charge in [-0.15, -0.1) is 0 Å². The van der Waals surface area contributed by atoms with Crippen molar-refractivity contribution < 1.29 is 14.3 Å². The van der Waals surface area contributed by atoms with Gasteiger partial charge in [0.1, 0.15) is 5.75 Å². The minimum Gasteiger partial charge on any atom is -0.478 e. The van der Waals surface area contributed by atoms with Crippen molar-refractivity contribution in [1.29, 1.82) is 0 Å². The molecule has 0 bridgehead atoms. The lowest BCUT2D eigenvalue weighted by Crippen LogP contribution is -2.49. The molecule has 1 aromatic heterocycles. The van der Waals surface area contributed by atoms with Gasteiger partial charge in [0.2, 0.25) is 0 Å². The van der Waals surface area contributed by atoms with E-state index in [0.29, 0.717) is 12.3 Å². The molecule has 1 aliphatic rings. The smallest absolute Gasteiger partial charge is 0.263 e. The maximum atomic E-state index is 12.5. The Morgan fingerprint density at radius 2 is 1.72 bits per heavy atom. The van der Waals surface area contributed by atoms with E-state index >= 15 is 0 Å². The molecule has 1 saturated heterocycles. The highest BCUT2D eigenvalue weighted by Crippen LogP contribution is 2.20. The van der Waals surface area contributed by atoms with Gasteiger partial charge in [0.25, 0.3) is 5.91 Å². The molecule has 1 amide bonds. The van der Waals surface area contributed by atoms with Crippen LogP contribution < -0.4 is 10.1 Å². The predicted octanol–water partition coefficient (Wildman–Crippen LogP) is 2.86. The van der Waals surface area contributed by atoms with Gasteiger partial charge in [-0.3, -0.25) is 14.7 Å². The second kappa shape index (κ2) is 10.2. The zero-order chi connectivity index (χ0) is 20.5. The zero-order valence-electron chi connectivity index (χ0n) is 17.1. The minimum atomic E-state index is -0.945. The topological polar surface area (TPSA) is 63.7 Å². The summed E-state index contributed by atoms with van der Waals surface area (Å²) in [6, 6.07) is 11.6. The van der Waals surface area contributed by atoms with Gasteiger partial charge in [0, 0.05) is 38.6 Å². The van der Waals surface area contributed by atoms with Crippen molar-refractivity contribution in [1.82, 2.24) is 15.2 Å². The summed E-state index contributed by atoms with van der Waals surface area (Å²) >= 11 is 0. The third-order valence-corrected chi connectivity index (χ3v) is 4.79. The van der Waals surface area contributed by atoms with Gasteiger partial charge in [-0.25, -0.2) is 0 Å². The van der Waals surface area contributed by atoms with Crippen LogP contribution in [0.3, 0.4) is 0 Å². The summed E-state index contributed by atoms with van der Waals surface area (Å²) in [5.74, 6) is 0.548. The van der Waals surface area contributed by atoms with Gasteiger partial charge in [-0.1, -0.05) is 24.3 Å². The van der Waals surface area contributed by atoms with E-state index in [-0.39, 0.29) is 5.91 Å². The van der Waals surface area contributed by atoms with Crippen LogP contribution in [0.15, 0.2) is 48.8 Å². The lowest BCUT2D eigenvalue weighted by Gasteiger charge is -2.28. The van der Waals surface area contributed by atoms with E-state index < -0.39 is 5.60 Å². The van der Waals surface area contributed by atoms with Crippen LogP contribution in [0.4, 0.5) is 0 Å². The number of pyridine rings is 1. The first kappa shape index (κ1) is 21.0. The van der Waals surface area contributed by atoms with Gasteiger partial charge in [0.05, 0.1) is 13.2 Å². The van der Waals surface area contributed by atoms with Crippen molar-refractivity contribution in [3.63, 3.8) is 0 Å². The third kappa shape index (κ3) is 6.69. The van der Waals surface area contributed by atoms with Crippen molar-refractivity contribution >= 4 is 18.1 Å². The molecule has 6 heteroatoms. The van der Waals surface area contributed by atoms with Gasteiger partial charge in [-0.2, -0.15) is 0 Å². The van der Waals surface area contributed by atoms with Crippen LogP contribution in [0.2, 0.25) is 0 Å². The number of rotatable bonds is 8. The predicted molar refractivity (Wildman–Crippen MR) is 115 cm³/mol. The highest BCUT2D eigenvalue weighted by molar-refractivity contribution is 5.84. The second-order valence-corrected chi connectivity index (χ2v) is 7.51. The normalized spacial score (nSPS) is 15.4. The number of amides is 1. The van der Waals surface area contributed by atoms with Gasteiger partial charge in [-0.05, 0) is 49.2 Å². The van der Waals surface area contributed by atoms with Crippen molar-refractivity contribution in [2.75, 3.05) is 39.4 Å². The Morgan fingerprint density at radius 3 is 2.38 bits per heavy atom. The summed E-state index contributed by atoms with van der Waals surface area (Å²) < 4.78 is 11.3. The second-order valence-electron chi connectivity index (χ2n) is 7.51. The number of hydrogen-bond acceptors (Lipinski definition) is 5. The van der Waals surface area contributed by atoms with Crippen molar-refractivity contribution in [3.05, 3.63) is 59.9 Å². The summed E-state index contributed by atoms with van der Waals surface area (Å²) in [4.78, 5) is 18.8. The first-order valence-corrected chi connectivity index (χ1v) is 9.98. The Kier molecular flexibility index (Phi) is 7.38. The Hall–Kier alpha value is -2.70. The number of morpholine rings is 1. The van der Waals surface area contributed by atoms with Crippen LogP contribution in [-0.2, 0) is 9.53 Å². The van der Waals surface area contributed by atoms with E-state index in [9.17, 15) is 4.79 Å². The van der Waals surface area contributed by atoms with Crippen molar-refractivity contribution in [2.24, 2.45) is 0 Å². The Balaban J connectivity index is 1.48. The summed E-state index contributed by atoms with van der Waals surface area (Å²) in [5, 5.41) is 2.98. The van der Waals surface area contributed by atoms with E-state index in [2.05, 4.69) is 15.2 Å². The molecule has 0 aliphatic carbocycles. The van der Waals surface area contributed by atoms with Crippen LogP contribution in [0, 0.1) is 0 Å². The number of aromatic nitrogens is 1. The SMILES string of the molecule is CC(C)(Oc1ccc(/C=C/c2ccncc2)cc1)C(=O)NCCN1CCOCC1. The van der Waals surface area contributed by atoms with Crippen molar-refractivity contribution in [2.45, 2.75) is 19.4 Å². The monoisotopic (exact) mass is 395 g/mol. The molecule has 154 valence electrons. The average molecular weight is 396 g/mol. The molecule has 2 aromatic rings. The number of carbonyl (C=O) groups excluding carboxylic acids is 1. The molecular weight excluding hydrogens is 366 g/mol. The molecule has 1 aromatic carbocycles. The van der Waals surface area contributed by atoms with Crippen LogP contribution >= 0.6 is 0 Å². The molecule has 3 rings (SSSR count). The first-order chi connectivity index (χ1) is 14.0. The summed E-state index contributed by atoms with van der Waals surface area (Å²) in [6.45, 7) is 8.35. The molecule has 29 heavy (non-hydrogen) atoms. The number of carbonyl (C=O) groups is 1. The fraction of sp³-hybridized carbons (Fsp3) is 0.391.